The predicted octanol–water partition coefficient (Wildman–Crippen LogP) is 4.65. The summed E-state index contributed by atoms with van der Waals surface area (Å²) >= 11 is 12.2. The van der Waals surface area contributed by atoms with Gasteiger partial charge in [0.2, 0.25) is 17.7 Å². The molecule has 1 aromatic carbocycles. The van der Waals surface area contributed by atoms with Crippen LogP contribution in [0, 0.1) is 17.8 Å². The van der Waals surface area contributed by atoms with E-state index in [1.54, 1.807) is 23.1 Å². The first kappa shape index (κ1) is 29.0. The summed E-state index contributed by atoms with van der Waals surface area (Å²) in [4.78, 5) is 46.0. The van der Waals surface area contributed by atoms with Gasteiger partial charge in [0, 0.05) is 24.8 Å². The number of nitrogens with one attached hydrogen (secondary N) is 2. The molecular formula is C31H40Cl2N4O4. The van der Waals surface area contributed by atoms with Crippen LogP contribution in [0.1, 0.15) is 58.3 Å². The molecule has 1 aliphatic carbocycles. The number of halogens is 2. The number of hydrogen-bond acceptors (Lipinski definition) is 5. The van der Waals surface area contributed by atoms with Crippen LogP contribution < -0.4 is 10.6 Å². The van der Waals surface area contributed by atoms with Crippen LogP contribution in [0.15, 0.2) is 30.4 Å². The lowest BCUT2D eigenvalue weighted by Gasteiger charge is -2.35. The van der Waals surface area contributed by atoms with Gasteiger partial charge in [-0.05, 0) is 69.3 Å². The molecular weight excluding hydrogens is 563 g/mol. The van der Waals surface area contributed by atoms with Crippen LogP contribution >= 0.6 is 23.2 Å². The Morgan fingerprint density at radius 1 is 1.05 bits per heavy atom. The van der Waals surface area contributed by atoms with Gasteiger partial charge in [-0.2, -0.15) is 0 Å². The summed E-state index contributed by atoms with van der Waals surface area (Å²) in [5, 5.41) is 6.89. The third kappa shape index (κ3) is 5.53. The quantitative estimate of drug-likeness (QED) is 0.423. The molecule has 8 nitrogen and oxygen atoms in total. The number of likely N-dealkylation sites (tertiary alicyclic amines) is 2. The SMILES string of the molecule is CC1CCCN(CCCN2C(=O)[C@@H]3C(C(=O)Nc4ccc(Cl)c(Cl)c4)[C@@H]4C=CC3(O4)C2C(=O)NC2CCCCC2)C1. The Labute approximate surface area is 252 Å². The Hall–Kier alpha value is -2.13. The van der Waals surface area contributed by atoms with E-state index in [1.807, 2.05) is 12.2 Å². The van der Waals surface area contributed by atoms with E-state index < -0.39 is 29.6 Å². The fraction of sp³-hybridized carbons (Fsp3) is 0.645. The molecule has 4 unspecified atom stereocenters. The first-order valence-electron chi connectivity index (χ1n) is 15.2. The minimum atomic E-state index is -1.15. The van der Waals surface area contributed by atoms with Crippen molar-refractivity contribution in [3.8, 4) is 0 Å². The monoisotopic (exact) mass is 602 g/mol. The number of fused-ring (bicyclic) bond motifs is 1. The molecule has 4 aliphatic heterocycles. The maximum absolute atomic E-state index is 14.2. The van der Waals surface area contributed by atoms with E-state index in [0.717, 1.165) is 51.7 Å². The Balaban J connectivity index is 1.23. The number of piperidine rings is 1. The molecule has 41 heavy (non-hydrogen) atoms. The maximum Gasteiger partial charge on any atom is 0.246 e. The van der Waals surface area contributed by atoms with Crippen molar-refractivity contribution in [3.63, 3.8) is 0 Å². The Bertz CT molecular complexity index is 1220. The number of rotatable bonds is 8. The fourth-order valence-corrected chi connectivity index (χ4v) is 8.09. The third-order valence-electron chi connectivity index (χ3n) is 9.68. The number of amides is 3. The third-order valence-corrected chi connectivity index (χ3v) is 10.4. The van der Waals surface area contributed by atoms with Crippen molar-refractivity contribution in [1.29, 1.82) is 0 Å². The highest BCUT2D eigenvalue weighted by Crippen LogP contribution is 2.55. The van der Waals surface area contributed by atoms with E-state index in [1.165, 1.54) is 19.3 Å². The minimum Gasteiger partial charge on any atom is -0.359 e. The van der Waals surface area contributed by atoms with Crippen LogP contribution in [0.4, 0.5) is 5.69 Å². The lowest BCUT2D eigenvalue weighted by Crippen LogP contribution is -2.56. The molecule has 222 valence electrons. The van der Waals surface area contributed by atoms with Gasteiger partial charge in [-0.1, -0.05) is 61.5 Å². The molecule has 2 bridgehead atoms. The predicted molar refractivity (Wildman–Crippen MR) is 159 cm³/mol. The molecule has 2 N–H and O–H groups in total. The lowest BCUT2D eigenvalue weighted by molar-refractivity contribution is -0.141. The average molecular weight is 604 g/mol. The summed E-state index contributed by atoms with van der Waals surface area (Å²) in [6.07, 6.45) is 11.6. The Morgan fingerprint density at radius 3 is 2.61 bits per heavy atom. The molecule has 10 heteroatoms. The number of benzene rings is 1. The number of carbonyl (C=O) groups excluding carboxylic acids is 3. The van der Waals surface area contributed by atoms with Gasteiger partial charge in [0.05, 0.1) is 28.0 Å². The average Bonchev–Trinajstić information content (AvgIpc) is 3.59. The molecule has 6 atom stereocenters. The van der Waals surface area contributed by atoms with Gasteiger partial charge in [0.15, 0.2) is 0 Å². The van der Waals surface area contributed by atoms with Crippen molar-refractivity contribution in [1.82, 2.24) is 15.1 Å². The molecule has 1 aromatic rings. The number of hydrogen-bond donors (Lipinski definition) is 2. The molecule has 5 aliphatic rings. The Kier molecular flexibility index (Phi) is 8.38. The van der Waals surface area contributed by atoms with E-state index in [2.05, 4.69) is 22.5 Å². The van der Waals surface area contributed by atoms with Crippen LogP contribution in [-0.2, 0) is 19.1 Å². The van der Waals surface area contributed by atoms with Crippen LogP contribution in [-0.4, -0.2) is 77.5 Å². The van der Waals surface area contributed by atoms with E-state index in [4.69, 9.17) is 27.9 Å². The van der Waals surface area contributed by atoms with Crippen LogP contribution in [0.2, 0.25) is 10.0 Å². The first-order valence-corrected chi connectivity index (χ1v) is 16.0. The van der Waals surface area contributed by atoms with Gasteiger partial charge in [0.1, 0.15) is 11.6 Å². The standard InChI is InChI=1S/C31H40Cl2N4O4/c1-19-7-5-14-36(18-19)15-6-16-37-27(29(39)34-20-8-3-2-4-9-20)31-13-12-24(41-31)25(26(31)30(37)40)28(38)35-21-10-11-22(32)23(33)17-21/h10-13,17,19-20,24-27H,2-9,14-16,18H2,1H3,(H,34,39)(H,35,38)/t19?,24-,25?,26-,27?,31?/m0/s1. The zero-order valence-corrected chi connectivity index (χ0v) is 25.1. The van der Waals surface area contributed by atoms with Crippen molar-refractivity contribution in [3.05, 3.63) is 40.4 Å². The second-order valence-corrected chi connectivity index (χ2v) is 13.4. The van der Waals surface area contributed by atoms with Crippen LogP contribution in [0.5, 0.6) is 0 Å². The summed E-state index contributed by atoms with van der Waals surface area (Å²) in [5.41, 5.74) is -0.658. The zero-order chi connectivity index (χ0) is 28.7. The van der Waals surface area contributed by atoms with Crippen molar-refractivity contribution in [2.45, 2.75) is 82.1 Å². The highest BCUT2D eigenvalue weighted by molar-refractivity contribution is 6.42. The maximum atomic E-state index is 14.2. The highest BCUT2D eigenvalue weighted by atomic mass is 35.5. The largest absolute Gasteiger partial charge is 0.359 e. The van der Waals surface area contributed by atoms with E-state index in [-0.39, 0.29) is 23.8 Å². The van der Waals surface area contributed by atoms with Crippen molar-refractivity contribution in [2.75, 3.05) is 31.5 Å². The smallest absolute Gasteiger partial charge is 0.246 e. The van der Waals surface area contributed by atoms with Gasteiger partial charge in [-0.3, -0.25) is 14.4 Å². The van der Waals surface area contributed by atoms with Gasteiger partial charge < -0.3 is 25.2 Å². The molecule has 3 amide bonds. The minimum absolute atomic E-state index is 0.106. The van der Waals surface area contributed by atoms with Crippen LogP contribution in [0.25, 0.3) is 0 Å². The van der Waals surface area contributed by atoms with E-state index in [0.29, 0.717) is 28.2 Å². The van der Waals surface area contributed by atoms with E-state index in [9.17, 15) is 14.4 Å². The van der Waals surface area contributed by atoms with Crippen molar-refractivity contribution in [2.24, 2.45) is 17.8 Å². The molecule has 4 fully saturated rings. The van der Waals surface area contributed by atoms with Gasteiger partial charge in [0.25, 0.3) is 0 Å². The van der Waals surface area contributed by atoms with Gasteiger partial charge >= 0.3 is 0 Å². The zero-order valence-electron chi connectivity index (χ0n) is 23.6. The topological polar surface area (TPSA) is 91.0 Å². The second kappa shape index (κ2) is 11.9. The molecule has 4 heterocycles. The number of nitrogens with zero attached hydrogens (tertiary/aromatic N) is 2. The normalized spacial score (nSPS) is 33.3. The first-order chi connectivity index (χ1) is 19.8. The molecule has 0 aromatic heterocycles. The number of anilines is 1. The molecule has 6 rings (SSSR count). The molecule has 1 saturated carbocycles. The molecule has 3 saturated heterocycles. The van der Waals surface area contributed by atoms with Crippen molar-refractivity contribution >= 4 is 46.6 Å². The Morgan fingerprint density at radius 2 is 1.85 bits per heavy atom. The number of ether oxygens (including phenoxy) is 1. The summed E-state index contributed by atoms with van der Waals surface area (Å²) in [5.74, 6) is -1.52. The summed E-state index contributed by atoms with van der Waals surface area (Å²) in [6, 6.07) is 4.19. The van der Waals surface area contributed by atoms with Gasteiger partial charge in [-0.25, -0.2) is 0 Å². The summed E-state index contributed by atoms with van der Waals surface area (Å²) in [7, 11) is 0. The van der Waals surface area contributed by atoms with Gasteiger partial charge in [-0.15, -0.1) is 0 Å². The summed E-state index contributed by atoms with van der Waals surface area (Å²) in [6.45, 7) is 5.75. The highest BCUT2D eigenvalue weighted by Gasteiger charge is 2.72. The lowest BCUT2D eigenvalue weighted by atomic mass is 9.74. The molecule has 0 radical (unpaired) electrons. The second-order valence-electron chi connectivity index (χ2n) is 12.6. The summed E-state index contributed by atoms with van der Waals surface area (Å²) < 4.78 is 6.48. The molecule has 1 spiro atoms. The number of carbonyl (C=O) groups is 3. The van der Waals surface area contributed by atoms with Crippen LogP contribution in [0.3, 0.4) is 0 Å². The fourth-order valence-electron chi connectivity index (χ4n) is 7.79. The van der Waals surface area contributed by atoms with E-state index >= 15 is 0 Å². The van der Waals surface area contributed by atoms with Crippen molar-refractivity contribution < 1.29 is 19.1 Å².